The molecule has 0 radical (unpaired) electrons. The van der Waals surface area contributed by atoms with Crippen LogP contribution in [0.1, 0.15) is 30.8 Å². The van der Waals surface area contributed by atoms with Gasteiger partial charge in [0, 0.05) is 42.1 Å². The molecule has 4 nitrogen and oxygen atoms in total. The predicted octanol–water partition coefficient (Wildman–Crippen LogP) is 2.65. The standard InChI is InChI=1S/C12H19N3OS2.2ClH/c1-2-10(12-14-4-6-18-12)15-11(16)7-9-8-17-5-3-13-9;;/h4,6,9-10,13H,2-3,5,7-8H2,1H3,(H,15,16);2*1H. The van der Waals surface area contributed by atoms with Crippen LogP contribution in [-0.2, 0) is 4.79 Å². The van der Waals surface area contributed by atoms with Crippen molar-refractivity contribution < 1.29 is 4.79 Å². The molecule has 0 bridgehead atoms. The largest absolute Gasteiger partial charge is 0.347 e. The van der Waals surface area contributed by atoms with Crippen molar-refractivity contribution in [1.29, 1.82) is 0 Å². The van der Waals surface area contributed by atoms with Crippen molar-refractivity contribution >= 4 is 53.8 Å². The topological polar surface area (TPSA) is 54.0 Å². The van der Waals surface area contributed by atoms with E-state index in [1.165, 1.54) is 0 Å². The summed E-state index contributed by atoms with van der Waals surface area (Å²) < 4.78 is 0. The molecule has 2 heterocycles. The van der Waals surface area contributed by atoms with E-state index in [0.29, 0.717) is 12.5 Å². The maximum absolute atomic E-state index is 12.0. The molecule has 1 aromatic heterocycles. The molecule has 116 valence electrons. The fraction of sp³-hybridized carbons (Fsp3) is 0.667. The molecule has 1 saturated heterocycles. The number of thioether (sulfide) groups is 1. The molecule has 0 aromatic carbocycles. The van der Waals surface area contributed by atoms with Gasteiger partial charge >= 0.3 is 0 Å². The van der Waals surface area contributed by atoms with E-state index >= 15 is 0 Å². The van der Waals surface area contributed by atoms with Crippen LogP contribution in [0.2, 0.25) is 0 Å². The van der Waals surface area contributed by atoms with E-state index in [4.69, 9.17) is 0 Å². The van der Waals surface area contributed by atoms with Crippen LogP contribution in [-0.4, -0.2) is 35.0 Å². The van der Waals surface area contributed by atoms with Gasteiger partial charge in [0.15, 0.2) is 0 Å². The van der Waals surface area contributed by atoms with Gasteiger partial charge < -0.3 is 10.6 Å². The number of thiazole rings is 1. The molecular formula is C12H21Cl2N3OS2. The van der Waals surface area contributed by atoms with Gasteiger partial charge in [-0.25, -0.2) is 4.98 Å². The average molecular weight is 358 g/mol. The van der Waals surface area contributed by atoms with Crippen LogP contribution >= 0.6 is 47.9 Å². The summed E-state index contributed by atoms with van der Waals surface area (Å²) in [4.78, 5) is 16.3. The molecular weight excluding hydrogens is 337 g/mol. The third-order valence-corrected chi connectivity index (χ3v) is 4.94. The van der Waals surface area contributed by atoms with E-state index < -0.39 is 0 Å². The quantitative estimate of drug-likeness (QED) is 0.850. The van der Waals surface area contributed by atoms with Gasteiger partial charge in [-0.3, -0.25) is 4.79 Å². The first-order valence-corrected chi connectivity index (χ1v) is 8.33. The van der Waals surface area contributed by atoms with Gasteiger partial charge in [0.2, 0.25) is 5.91 Å². The summed E-state index contributed by atoms with van der Waals surface area (Å²) in [5.41, 5.74) is 0. The molecule has 1 aromatic rings. The summed E-state index contributed by atoms with van der Waals surface area (Å²) in [5, 5.41) is 9.40. The lowest BCUT2D eigenvalue weighted by molar-refractivity contribution is -0.122. The molecule has 0 saturated carbocycles. The van der Waals surface area contributed by atoms with Gasteiger partial charge in [-0.15, -0.1) is 36.2 Å². The Labute approximate surface area is 140 Å². The molecule has 1 amide bonds. The molecule has 1 aliphatic rings. The Morgan fingerprint density at radius 3 is 2.95 bits per heavy atom. The van der Waals surface area contributed by atoms with Crippen molar-refractivity contribution in [3.05, 3.63) is 16.6 Å². The predicted molar refractivity (Wildman–Crippen MR) is 91.5 cm³/mol. The monoisotopic (exact) mass is 357 g/mol. The molecule has 2 unspecified atom stereocenters. The van der Waals surface area contributed by atoms with Gasteiger partial charge in [0.1, 0.15) is 5.01 Å². The second-order valence-electron chi connectivity index (χ2n) is 4.33. The summed E-state index contributed by atoms with van der Waals surface area (Å²) >= 11 is 3.51. The zero-order valence-corrected chi connectivity index (χ0v) is 14.6. The van der Waals surface area contributed by atoms with Gasteiger partial charge in [0.05, 0.1) is 6.04 Å². The van der Waals surface area contributed by atoms with Crippen LogP contribution in [0.25, 0.3) is 0 Å². The molecule has 2 rings (SSSR count). The van der Waals surface area contributed by atoms with Gasteiger partial charge in [-0.05, 0) is 6.42 Å². The number of carbonyl (C=O) groups is 1. The van der Waals surface area contributed by atoms with Crippen LogP contribution < -0.4 is 10.6 Å². The van der Waals surface area contributed by atoms with Crippen molar-refractivity contribution in [3.63, 3.8) is 0 Å². The summed E-state index contributed by atoms with van der Waals surface area (Å²) in [6.45, 7) is 3.08. The highest BCUT2D eigenvalue weighted by Crippen LogP contribution is 2.19. The van der Waals surface area contributed by atoms with Crippen LogP contribution in [0, 0.1) is 0 Å². The number of amides is 1. The third kappa shape index (κ3) is 6.18. The highest BCUT2D eigenvalue weighted by atomic mass is 35.5. The SMILES string of the molecule is CCC(NC(=O)CC1CSCCN1)c1nccs1.Cl.Cl. The average Bonchev–Trinajstić information content (AvgIpc) is 2.91. The normalized spacial score (nSPS) is 19.4. The third-order valence-electron chi connectivity index (χ3n) is 2.92. The fourth-order valence-electron chi connectivity index (χ4n) is 1.97. The van der Waals surface area contributed by atoms with Gasteiger partial charge in [-0.2, -0.15) is 11.8 Å². The van der Waals surface area contributed by atoms with Crippen molar-refractivity contribution in [3.8, 4) is 0 Å². The number of hydrogen-bond donors (Lipinski definition) is 2. The smallest absolute Gasteiger partial charge is 0.222 e. The summed E-state index contributed by atoms with van der Waals surface area (Å²) in [7, 11) is 0. The molecule has 8 heteroatoms. The van der Waals surface area contributed by atoms with Crippen molar-refractivity contribution in [2.45, 2.75) is 31.8 Å². The van der Waals surface area contributed by atoms with Crippen molar-refractivity contribution in [2.75, 3.05) is 18.1 Å². The first kappa shape index (κ1) is 20.0. The molecule has 0 aliphatic carbocycles. The van der Waals surface area contributed by atoms with Crippen molar-refractivity contribution in [1.82, 2.24) is 15.6 Å². The maximum Gasteiger partial charge on any atom is 0.222 e. The Balaban J connectivity index is 0.00000180. The minimum absolute atomic E-state index is 0. The fourth-order valence-corrected chi connectivity index (χ4v) is 3.69. The maximum atomic E-state index is 12.0. The minimum atomic E-state index is 0. The Hall–Kier alpha value is -0.0100. The van der Waals surface area contributed by atoms with Crippen LogP contribution in [0.4, 0.5) is 0 Å². The van der Waals surface area contributed by atoms with Gasteiger partial charge in [-0.1, -0.05) is 6.92 Å². The Kier molecular flexibility index (Phi) is 10.7. The first-order chi connectivity index (χ1) is 8.79. The number of carbonyl (C=O) groups excluding carboxylic acids is 1. The highest BCUT2D eigenvalue weighted by Gasteiger charge is 2.20. The highest BCUT2D eigenvalue weighted by molar-refractivity contribution is 7.99. The molecule has 1 aliphatic heterocycles. The Bertz CT molecular complexity index is 373. The van der Waals surface area contributed by atoms with E-state index in [1.807, 2.05) is 17.1 Å². The first-order valence-electron chi connectivity index (χ1n) is 6.29. The van der Waals surface area contributed by atoms with E-state index in [0.717, 1.165) is 29.5 Å². The molecule has 0 spiro atoms. The Morgan fingerprint density at radius 1 is 1.60 bits per heavy atom. The summed E-state index contributed by atoms with van der Waals surface area (Å²) in [5.74, 6) is 2.30. The number of aromatic nitrogens is 1. The van der Waals surface area contributed by atoms with Crippen molar-refractivity contribution in [2.24, 2.45) is 0 Å². The number of nitrogens with zero attached hydrogens (tertiary/aromatic N) is 1. The molecule has 2 atom stereocenters. The number of nitrogens with one attached hydrogen (secondary N) is 2. The van der Waals surface area contributed by atoms with Crippen LogP contribution in [0.3, 0.4) is 0 Å². The number of halogens is 2. The lowest BCUT2D eigenvalue weighted by Crippen LogP contribution is -2.41. The zero-order valence-electron chi connectivity index (χ0n) is 11.3. The van der Waals surface area contributed by atoms with Crippen LogP contribution in [0.15, 0.2) is 11.6 Å². The Morgan fingerprint density at radius 2 is 2.40 bits per heavy atom. The lowest BCUT2D eigenvalue weighted by atomic mass is 10.2. The molecule has 2 N–H and O–H groups in total. The van der Waals surface area contributed by atoms with E-state index in [9.17, 15) is 4.79 Å². The van der Waals surface area contributed by atoms with Crippen LogP contribution in [0.5, 0.6) is 0 Å². The second-order valence-corrected chi connectivity index (χ2v) is 6.40. The minimum Gasteiger partial charge on any atom is -0.347 e. The van der Waals surface area contributed by atoms with E-state index in [-0.39, 0.29) is 36.8 Å². The summed E-state index contributed by atoms with van der Waals surface area (Å²) in [6, 6.07) is 0.381. The number of hydrogen-bond acceptors (Lipinski definition) is 5. The second kappa shape index (κ2) is 10.7. The zero-order chi connectivity index (χ0) is 12.8. The van der Waals surface area contributed by atoms with E-state index in [2.05, 4.69) is 22.5 Å². The molecule has 20 heavy (non-hydrogen) atoms. The molecule has 1 fully saturated rings. The van der Waals surface area contributed by atoms with E-state index in [1.54, 1.807) is 17.5 Å². The van der Waals surface area contributed by atoms with Gasteiger partial charge in [0.25, 0.3) is 0 Å². The number of rotatable bonds is 5. The lowest BCUT2D eigenvalue weighted by Gasteiger charge is -2.23. The summed E-state index contributed by atoms with van der Waals surface area (Å²) in [6.07, 6.45) is 3.23.